The molecule has 0 saturated heterocycles. The van der Waals surface area contributed by atoms with Gasteiger partial charge in [0.2, 0.25) is 0 Å². The van der Waals surface area contributed by atoms with E-state index in [0.717, 1.165) is 16.8 Å². The molecule has 1 unspecified atom stereocenters. The van der Waals surface area contributed by atoms with Crippen molar-refractivity contribution < 1.29 is 0 Å². The van der Waals surface area contributed by atoms with Crippen LogP contribution in [0.15, 0.2) is 42.5 Å². The van der Waals surface area contributed by atoms with Gasteiger partial charge in [0.25, 0.3) is 0 Å². The van der Waals surface area contributed by atoms with Crippen molar-refractivity contribution in [2.75, 3.05) is 5.33 Å². The summed E-state index contributed by atoms with van der Waals surface area (Å²) in [4.78, 5) is 0. The predicted molar refractivity (Wildman–Crippen MR) is 88.2 cm³/mol. The molecular weight excluding hydrogens is 366 g/mol. The van der Waals surface area contributed by atoms with E-state index in [-0.39, 0.29) is 0 Å². The van der Waals surface area contributed by atoms with Crippen LogP contribution in [0.5, 0.6) is 0 Å². The molecule has 0 aliphatic rings. The lowest BCUT2D eigenvalue weighted by Crippen LogP contribution is -2.04. The third kappa shape index (κ3) is 4.13. The van der Waals surface area contributed by atoms with Crippen molar-refractivity contribution in [3.63, 3.8) is 0 Å². The molecule has 0 saturated carbocycles. The first-order valence-electron chi connectivity index (χ1n) is 5.85. The van der Waals surface area contributed by atoms with E-state index >= 15 is 0 Å². The Hall–Kier alpha value is -0.210. The van der Waals surface area contributed by atoms with Crippen molar-refractivity contribution in [3.05, 3.63) is 68.7 Å². The van der Waals surface area contributed by atoms with Gasteiger partial charge >= 0.3 is 0 Å². The highest BCUT2D eigenvalue weighted by molar-refractivity contribution is 9.09. The Kier molecular flexibility index (Phi) is 5.58. The fraction of sp³-hybridized carbons (Fsp3) is 0.200. The Bertz CT molecular complexity index is 552. The minimum Gasteiger partial charge on any atom is -0.0921 e. The van der Waals surface area contributed by atoms with Crippen molar-refractivity contribution in [2.24, 2.45) is 0 Å². The molecule has 4 heteroatoms. The van der Waals surface area contributed by atoms with E-state index in [9.17, 15) is 0 Å². The number of alkyl halides is 1. The summed E-state index contributed by atoms with van der Waals surface area (Å²) >= 11 is 21.5. The van der Waals surface area contributed by atoms with Gasteiger partial charge in [-0.15, -0.1) is 0 Å². The Morgan fingerprint density at radius 1 is 0.895 bits per heavy atom. The highest BCUT2D eigenvalue weighted by Gasteiger charge is 2.12. The second kappa shape index (κ2) is 6.99. The summed E-state index contributed by atoms with van der Waals surface area (Å²) in [5.41, 5.74) is 2.43. The molecule has 0 radical (unpaired) electrons. The Balaban J connectivity index is 2.18. The van der Waals surface area contributed by atoms with Crippen LogP contribution in [0.2, 0.25) is 15.1 Å². The van der Waals surface area contributed by atoms with E-state index in [1.54, 1.807) is 0 Å². The Morgan fingerprint density at radius 3 is 2.16 bits per heavy atom. The zero-order valence-electron chi connectivity index (χ0n) is 10.0. The van der Waals surface area contributed by atoms with E-state index in [0.29, 0.717) is 16.0 Å². The highest BCUT2D eigenvalue weighted by atomic mass is 79.9. The third-order valence-corrected chi connectivity index (χ3v) is 4.77. The van der Waals surface area contributed by atoms with E-state index in [1.165, 1.54) is 11.1 Å². The smallest absolute Gasteiger partial charge is 0.0595 e. The van der Waals surface area contributed by atoms with Crippen LogP contribution in [0.25, 0.3) is 0 Å². The van der Waals surface area contributed by atoms with Crippen molar-refractivity contribution in [2.45, 2.75) is 12.3 Å². The van der Waals surface area contributed by atoms with Crippen LogP contribution >= 0.6 is 50.7 Å². The number of hydrogen-bond acceptors (Lipinski definition) is 0. The van der Waals surface area contributed by atoms with Crippen LogP contribution in [0.1, 0.15) is 17.0 Å². The van der Waals surface area contributed by atoms with Gasteiger partial charge in [-0.1, -0.05) is 68.9 Å². The molecule has 0 amide bonds. The largest absolute Gasteiger partial charge is 0.0921 e. The molecule has 0 aliphatic heterocycles. The molecule has 0 spiro atoms. The van der Waals surface area contributed by atoms with E-state index in [2.05, 4.69) is 28.1 Å². The summed E-state index contributed by atoms with van der Waals surface area (Å²) in [6.07, 6.45) is 0.907. The molecular formula is C15H12BrCl3. The van der Waals surface area contributed by atoms with Gasteiger partial charge in [-0.05, 0) is 47.7 Å². The summed E-state index contributed by atoms with van der Waals surface area (Å²) in [6, 6.07) is 13.7. The quantitative estimate of drug-likeness (QED) is 0.542. The first-order valence-corrected chi connectivity index (χ1v) is 8.11. The molecule has 0 bridgehead atoms. The maximum absolute atomic E-state index is 6.05. The molecule has 0 heterocycles. The zero-order chi connectivity index (χ0) is 13.8. The molecule has 19 heavy (non-hydrogen) atoms. The summed E-state index contributed by atoms with van der Waals surface area (Å²) in [7, 11) is 0. The second-order valence-electron chi connectivity index (χ2n) is 4.36. The van der Waals surface area contributed by atoms with Crippen LogP contribution in [0, 0.1) is 0 Å². The molecule has 0 fully saturated rings. The molecule has 2 rings (SSSR count). The van der Waals surface area contributed by atoms with Crippen LogP contribution < -0.4 is 0 Å². The lowest BCUT2D eigenvalue weighted by atomic mass is 9.94. The molecule has 2 aromatic carbocycles. The average molecular weight is 379 g/mol. The fourth-order valence-corrected chi connectivity index (χ4v) is 3.00. The molecule has 2 aromatic rings. The van der Waals surface area contributed by atoms with Gasteiger partial charge in [0, 0.05) is 10.4 Å². The lowest BCUT2D eigenvalue weighted by Gasteiger charge is -2.15. The topological polar surface area (TPSA) is 0 Å². The minimum atomic E-state index is 0.384. The summed E-state index contributed by atoms with van der Waals surface area (Å²) in [6.45, 7) is 0. The van der Waals surface area contributed by atoms with E-state index in [1.807, 2.05) is 30.3 Å². The van der Waals surface area contributed by atoms with Gasteiger partial charge in [-0.25, -0.2) is 0 Å². The van der Waals surface area contributed by atoms with Crippen LogP contribution in [0.3, 0.4) is 0 Å². The van der Waals surface area contributed by atoms with Crippen molar-refractivity contribution in [3.8, 4) is 0 Å². The van der Waals surface area contributed by atoms with Crippen molar-refractivity contribution >= 4 is 50.7 Å². The molecule has 0 nitrogen and oxygen atoms in total. The van der Waals surface area contributed by atoms with Gasteiger partial charge in [-0.3, -0.25) is 0 Å². The maximum Gasteiger partial charge on any atom is 0.0595 e. The fourth-order valence-electron chi connectivity index (χ4n) is 1.95. The molecule has 0 aliphatic carbocycles. The van der Waals surface area contributed by atoms with Crippen LogP contribution in [-0.4, -0.2) is 5.33 Å². The first-order chi connectivity index (χ1) is 9.10. The zero-order valence-corrected chi connectivity index (χ0v) is 13.9. The van der Waals surface area contributed by atoms with Gasteiger partial charge in [0.15, 0.2) is 0 Å². The molecule has 1 atom stereocenters. The van der Waals surface area contributed by atoms with E-state index in [4.69, 9.17) is 34.8 Å². The number of hydrogen-bond donors (Lipinski definition) is 0. The average Bonchev–Trinajstić information content (AvgIpc) is 2.41. The van der Waals surface area contributed by atoms with Gasteiger partial charge in [0.05, 0.1) is 10.0 Å². The SMILES string of the molecule is Clc1ccc(C(CBr)Cc2ccc(Cl)c(Cl)c2)cc1. The highest BCUT2D eigenvalue weighted by Crippen LogP contribution is 2.28. The Labute approximate surface area is 136 Å². The van der Waals surface area contributed by atoms with Gasteiger partial charge in [-0.2, -0.15) is 0 Å². The van der Waals surface area contributed by atoms with E-state index < -0.39 is 0 Å². The lowest BCUT2D eigenvalue weighted by molar-refractivity contribution is 0.776. The second-order valence-corrected chi connectivity index (χ2v) is 6.25. The Morgan fingerprint density at radius 2 is 1.58 bits per heavy atom. The summed E-state index contributed by atoms with van der Waals surface area (Å²) in [5, 5.41) is 2.83. The maximum atomic E-state index is 6.05. The predicted octanol–water partition coefficient (Wildman–Crippen LogP) is 6.37. The number of halogens is 4. The first kappa shape index (κ1) is 15.2. The monoisotopic (exact) mass is 376 g/mol. The molecule has 0 N–H and O–H groups in total. The van der Waals surface area contributed by atoms with Gasteiger partial charge < -0.3 is 0 Å². The van der Waals surface area contributed by atoms with Crippen LogP contribution in [-0.2, 0) is 6.42 Å². The van der Waals surface area contributed by atoms with Crippen molar-refractivity contribution in [1.29, 1.82) is 0 Å². The number of rotatable bonds is 4. The third-order valence-electron chi connectivity index (χ3n) is 2.99. The molecule has 0 aromatic heterocycles. The molecule has 100 valence electrons. The summed E-state index contributed by atoms with van der Waals surface area (Å²) < 4.78 is 0. The standard InChI is InChI=1S/C15H12BrCl3/c16-9-12(11-2-4-13(17)5-3-11)7-10-1-6-14(18)15(19)8-10/h1-6,8,12H,7,9H2. The normalized spacial score (nSPS) is 12.4. The summed E-state index contributed by atoms with van der Waals surface area (Å²) in [5.74, 6) is 0.384. The number of benzene rings is 2. The van der Waals surface area contributed by atoms with Gasteiger partial charge in [0.1, 0.15) is 0 Å². The minimum absolute atomic E-state index is 0.384. The van der Waals surface area contributed by atoms with Crippen molar-refractivity contribution in [1.82, 2.24) is 0 Å². The van der Waals surface area contributed by atoms with Crippen LogP contribution in [0.4, 0.5) is 0 Å².